The molecular weight excluding hydrogens is 552 g/mol. The van der Waals surface area contributed by atoms with Crippen LogP contribution in [0.4, 0.5) is 37.1 Å². The average Bonchev–Trinajstić information content (AvgIpc) is 3.54. The highest BCUT2D eigenvalue weighted by atomic mass is 16.2. The second-order valence-electron chi connectivity index (χ2n) is 12.8. The Kier molecular flexibility index (Phi) is 3.17. The molecule has 9 heteroatoms. The lowest BCUT2D eigenvalue weighted by Crippen LogP contribution is -2.45. The van der Waals surface area contributed by atoms with E-state index in [4.69, 9.17) is 0 Å². The lowest BCUT2D eigenvalue weighted by atomic mass is 9.58. The Morgan fingerprint density at radius 2 is 1.07 bits per heavy atom. The van der Waals surface area contributed by atoms with Crippen LogP contribution in [0.1, 0.15) is 22.3 Å². The molecule has 0 saturated heterocycles. The number of carbonyl (C=O) groups excluding carboxylic acids is 3. The molecule has 5 aliphatic carbocycles. The number of urea groups is 3. The number of benzene rings is 4. The van der Waals surface area contributed by atoms with Crippen LogP contribution in [0.5, 0.6) is 0 Å². The molecule has 3 aliphatic heterocycles. The molecule has 208 valence electrons. The number of rotatable bonds is 0. The largest absolute Gasteiger partial charge is 0.323 e. The number of allylic oxidation sites excluding steroid dienone is 6. The lowest BCUT2D eigenvalue weighted by molar-refractivity contribution is 0.244. The van der Waals surface area contributed by atoms with Gasteiger partial charge in [-0.3, -0.25) is 0 Å². The van der Waals surface area contributed by atoms with E-state index in [0.29, 0.717) is 0 Å². The summed E-state index contributed by atoms with van der Waals surface area (Å²) in [7, 11) is 0. The summed E-state index contributed by atoms with van der Waals surface area (Å²) in [5, 5.41) is 22.7. The molecule has 44 heavy (non-hydrogen) atoms. The Hall–Kier alpha value is -5.83. The van der Waals surface area contributed by atoms with Crippen LogP contribution in [0.15, 0.2) is 95.4 Å². The van der Waals surface area contributed by atoms with Crippen molar-refractivity contribution in [3.05, 3.63) is 118 Å². The summed E-state index contributed by atoms with van der Waals surface area (Å²) in [6, 6.07) is 16.4. The molecule has 0 radical (unpaired) electrons. The SMILES string of the molecule is O=C1NC2=CC=C3C4C2=C(C=CC4C24c5ccc6c7c(ccc(c57)C32c2ccc3c5c(ccc4c25)NC(=O)N3)NC(=O)N6)N1. The van der Waals surface area contributed by atoms with E-state index in [2.05, 4.69) is 105 Å². The normalized spacial score (nSPS) is 29.5. The third-order valence-corrected chi connectivity index (χ3v) is 11.5. The van der Waals surface area contributed by atoms with Gasteiger partial charge < -0.3 is 31.9 Å². The highest BCUT2D eigenvalue weighted by Crippen LogP contribution is 2.80. The predicted molar refractivity (Wildman–Crippen MR) is 166 cm³/mol. The Morgan fingerprint density at radius 3 is 1.64 bits per heavy atom. The average molecular weight is 573 g/mol. The van der Waals surface area contributed by atoms with E-state index in [-0.39, 0.29) is 29.9 Å². The topological polar surface area (TPSA) is 123 Å². The van der Waals surface area contributed by atoms with Crippen LogP contribution in [0.25, 0.3) is 21.5 Å². The van der Waals surface area contributed by atoms with Gasteiger partial charge >= 0.3 is 18.1 Å². The monoisotopic (exact) mass is 572 g/mol. The minimum absolute atomic E-state index is 0.0267. The van der Waals surface area contributed by atoms with E-state index in [1.807, 2.05) is 0 Å². The van der Waals surface area contributed by atoms with Crippen LogP contribution in [0.2, 0.25) is 0 Å². The van der Waals surface area contributed by atoms with Gasteiger partial charge in [0.15, 0.2) is 0 Å². The second-order valence-corrected chi connectivity index (χ2v) is 12.8. The van der Waals surface area contributed by atoms with Crippen molar-refractivity contribution in [2.45, 2.75) is 10.8 Å². The second kappa shape index (κ2) is 6.40. The molecule has 2 atom stereocenters. The molecular formula is C35H20N6O3. The van der Waals surface area contributed by atoms with Crippen LogP contribution < -0.4 is 31.9 Å². The van der Waals surface area contributed by atoms with Crippen molar-refractivity contribution in [3.8, 4) is 0 Å². The van der Waals surface area contributed by atoms with Gasteiger partial charge in [0.05, 0.1) is 28.2 Å². The molecule has 3 heterocycles. The summed E-state index contributed by atoms with van der Waals surface area (Å²) in [5.41, 5.74) is 11.2. The smallest absolute Gasteiger partial charge is 0.307 e. The number of carbonyl (C=O) groups is 3. The third-order valence-electron chi connectivity index (χ3n) is 11.5. The summed E-state index contributed by atoms with van der Waals surface area (Å²) in [4.78, 5) is 37.7. The molecule has 2 unspecified atom stereocenters. The molecule has 0 spiro atoms. The number of anilines is 4. The van der Waals surface area contributed by atoms with Crippen molar-refractivity contribution in [3.63, 3.8) is 0 Å². The zero-order chi connectivity index (χ0) is 28.9. The molecule has 4 aromatic rings. The van der Waals surface area contributed by atoms with Crippen molar-refractivity contribution in [2.75, 3.05) is 21.3 Å². The van der Waals surface area contributed by atoms with E-state index in [1.165, 1.54) is 38.6 Å². The standard InChI is InChI=1S/C35H20N6O3/c42-31-36-19-7-1-13-25-14(2-8-20(37-31)28(19)25)35-17-5-11-23-29-21(38-32(43)40-23)9-3-15(26(17)29)34(13,35)16-4-10-22-30-24(41-33(44)39-22)12-6-18(35)27(16)30/h1-13,25H,(H2,36,37,42)(H2,38,40,43)(H2,39,41,44). The van der Waals surface area contributed by atoms with Crippen molar-refractivity contribution >= 4 is 62.4 Å². The minimum Gasteiger partial charge on any atom is -0.307 e. The number of hydrogen-bond donors (Lipinski definition) is 6. The summed E-state index contributed by atoms with van der Waals surface area (Å²) < 4.78 is 0. The number of nitrogens with one attached hydrogen (secondary N) is 6. The highest BCUT2D eigenvalue weighted by Gasteiger charge is 2.76. The van der Waals surface area contributed by atoms with E-state index in [9.17, 15) is 14.4 Å². The van der Waals surface area contributed by atoms with E-state index < -0.39 is 10.8 Å². The molecule has 6 N–H and O–H groups in total. The number of amides is 6. The Morgan fingerprint density at radius 1 is 0.545 bits per heavy atom. The van der Waals surface area contributed by atoms with Crippen LogP contribution in [0.3, 0.4) is 0 Å². The van der Waals surface area contributed by atoms with Gasteiger partial charge in [-0.2, -0.15) is 0 Å². The molecule has 0 aromatic heterocycles. The predicted octanol–water partition coefficient (Wildman–Crippen LogP) is 6.01. The molecule has 0 bridgehead atoms. The first-order valence-electron chi connectivity index (χ1n) is 14.8. The maximum atomic E-state index is 12.6. The molecule has 1 saturated carbocycles. The van der Waals surface area contributed by atoms with Gasteiger partial charge in [0.25, 0.3) is 0 Å². The fourth-order valence-electron chi connectivity index (χ4n) is 10.5. The number of hydrogen-bond acceptors (Lipinski definition) is 3. The molecule has 8 aliphatic rings. The van der Waals surface area contributed by atoms with Gasteiger partial charge in [-0.15, -0.1) is 0 Å². The van der Waals surface area contributed by atoms with Crippen molar-refractivity contribution < 1.29 is 14.4 Å². The van der Waals surface area contributed by atoms with Gasteiger partial charge in [0.2, 0.25) is 0 Å². The summed E-state index contributed by atoms with van der Waals surface area (Å²) in [6.45, 7) is 0. The van der Waals surface area contributed by atoms with Crippen LogP contribution in [-0.4, -0.2) is 18.1 Å². The maximum absolute atomic E-state index is 12.6. The Balaban J connectivity index is 1.30. The van der Waals surface area contributed by atoms with Crippen LogP contribution in [0, 0.1) is 11.8 Å². The first-order chi connectivity index (χ1) is 21.5. The van der Waals surface area contributed by atoms with Crippen molar-refractivity contribution in [1.82, 2.24) is 10.6 Å². The van der Waals surface area contributed by atoms with Crippen LogP contribution in [-0.2, 0) is 10.8 Å². The van der Waals surface area contributed by atoms with E-state index >= 15 is 0 Å². The molecule has 6 amide bonds. The van der Waals surface area contributed by atoms with Gasteiger partial charge in [-0.05, 0) is 75.0 Å². The first-order valence-corrected chi connectivity index (χ1v) is 14.8. The molecule has 4 aromatic carbocycles. The van der Waals surface area contributed by atoms with Crippen molar-refractivity contribution in [1.29, 1.82) is 0 Å². The highest BCUT2D eigenvalue weighted by molar-refractivity contribution is 6.24. The van der Waals surface area contributed by atoms with Gasteiger partial charge in [-0.1, -0.05) is 36.4 Å². The molecule has 12 rings (SSSR count). The summed E-state index contributed by atoms with van der Waals surface area (Å²) >= 11 is 0. The van der Waals surface area contributed by atoms with Crippen molar-refractivity contribution in [2.24, 2.45) is 11.8 Å². The Bertz CT molecular complexity index is 2290. The molecule has 9 nitrogen and oxygen atoms in total. The van der Waals surface area contributed by atoms with Crippen LogP contribution >= 0.6 is 0 Å². The minimum atomic E-state index is -0.569. The summed E-state index contributed by atoms with van der Waals surface area (Å²) in [6.07, 6.45) is 8.71. The lowest BCUT2D eigenvalue weighted by Gasteiger charge is -2.42. The van der Waals surface area contributed by atoms with E-state index in [0.717, 1.165) is 50.5 Å². The van der Waals surface area contributed by atoms with Gasteiger partial charge in [-0.25, -0.2) is 14.4 Å². The quantitative estimate of drug-likeness (QED) is 0.155. The fraction of sp³-hybridized carbons (Fsp3) is 0.114. The van der Waals surface area contributed by atoms with Gasteiger partial charge in [0.1, 0.15) is 0 Å². The third kappa shape index (κ3) is 1.91. The first kappa shape index (κ1) is 21.8. The zero-order valence-corrected chi connectivity index (χ0v) is 22.8. The summed E-state index contributed by atoms with van der Waals surface area (Å²) in [5.74, 6) is 0.0588. The molecule has 1 fully saturated rings. The zero-order valence-electron chi connectivity index (χ0n) is 22.8. The van der Waals surface area contributed by atoms with E-state index in [1.54, 1.807) is 0 Å². The maximum Gasteiger partial charge on any atom is 0.323 e. The van der Waals surface area contributed by atoms with Gasteiger partial charge in [0, 0.05) is 45.0 Å². The fourth-order valence-corrected chi connectivity index (χ4v) is 10.5. The Labute approximate surface area is 248 Å².